The first-order valence-corrected chi connectivity index (χ1v) is 6.85. The Kier molecular flexibility index (Phi) is 4.58. The molecule has 0 fully saturated rings. The van der Waals surface area contributed by atoms with E-state index < -0.39 is 17.8 Å². The second kappa shape index (κ2) is 6.39. The number of aliphatic carboxylic acids is 1. The van der Waals surface area contributed by atoms with E-state index in [0.717, 1.165) is 11.3 Å². The third kappa shape index (κ3) is 3.21. The highest BCUT2D eigenvalue weighted by atomic mass is 19.1. The fourth-order valence-corrected chi connectivity index (χ4v) is 2.45. The van der Waals surface area contributed by atoms with Gasteiger partial charge in [0, 0.05) is 17.8 Å². The maximum Gasteiger partial charge on any atom is 0.331 e. The molecule has 0 aliphatic rings. The molecule has 1 atom stereocenters. The minimum atomic E-state index is -1.07. The molecule has 0 amide bonds. The summed E-state index contributed by atoms with van der Waals surface area (Å²) in [5.41, 5.74) is 1.98. The highest BCUT2D eigenvalue weighted by molar-refractivity contribution is 5.80. The van der Waals surface area contributed by atoms with Crippen molar-refractivity contribution in [3.8, 4) is 0 Å². The Morgan fingerprint density at radius 2 is 1.95 bits per heavy atom. The zero-order chi connectivity index (χ0) is 15.4. The van der Waals surface area contributed by atoms with Crippen molar-refractivity contribution in [1.82, 2.24) is 0 Å². The van der Waals surface area contributed by atoms with Gasteiger partial charge in [-0.05, 0) is 37.6 Å². The molecule has 1 N–H and O–H groups in total. The molecule has 2 aromatic carbocycles. The van der Waals surface area contributed by atoms with Crippen LogP contribution in [0.1, 0.15) is 24.1 Å². The number of hydrogen-bond acceptors (Lipinski definition) is 2. The number of likely N-dealkylation sites (N-methyl/N-ethyl adjacent to an activating group) is 1. The van der Waals surface area contributed by atoms with E-state index in [-0.39, 0.29) is 5.56 Å². The summed E-state index contributed by atoms with van der Waals surface area (Å²) in [5.74, 6) is -1.57. The van der Waals surface area contributed by atoms with Crippen molar-refractivity contribution < 1.29 is 14.3 Å². The van der Waals surface area contributed by atoms with Gasteiger partial charge in [-0.15, -0.1) is 0 Å². The van der Waals surface area contributed by atoms with Crippen molar-refractivity contribution in [3.05, 3.63) is 65.5 Å². The smallest absolute Gasteiger partial charge is 0.331 e. The summed E-state index contributed by atoms with van der Waals surface area (Å²) in [4.78, 5) is 13.4. The molecule has 3 nitrogen and oxygen atoms in total. The maximum absolute atomic E-state index is 14.0. The number of hydrogen-bond donors (Lipinski definition) is 1. The fourth-order valence-electron chi connectivity index (χ4n) is 2.45. The topological polar surface area (TPSA) is 40.5 Å². The second-order valence-corrected chi connectivity index (χ2v) is 4.89. The number of nitrogens with zero attached hydrogens (tertiary/aromatic N) is 1. The Hall–Kier alpha value is -2.36. The summed E-state index contributed by atoms with van der Waals surface area (Å²) in [7, 11) is 0. The molecule has 0 aliphatic carbocycles. The number of carboxylic acid groups (broad SMARTS) is 1. The Morgan fingerprint density at radius 1 is 1.24 bits per heavy atom. The number of benzene rings is 2. The predicted octanol–water partition coefficient (Wildman–Crippen LogP) is 3.79. The van der Waals surface area contributed by atoms with Gasteiger partial charge in [0.1, 0.15) is 5.82 Å². The molecule has 4 heteroatoms. The number of anilines is 1. The molecule has 1 unspecified atom stereocenters. The Labute approximate surface area is 123 Å². The molecular formula is C17H18FNO2. The van der Waals surface area contributed by atoms with E-state index in [2.05, 4.69) is 0 Å². The minimum Gasteiger partial charge on any atom is -0.479 e. The lowest BCUT2D eigenvalue weighted by Gasteiger charge is -2.30. The van der Waals surface area contributed by atoms with Gasteiger partial charge in [0.05, 0.1) is 0 Å². The van der Waals surface area contributed by atoms with Crippen LogP contribution in [-0.4, -0.2) is 17.6 Å². The third-order valence-corrected chi connectivity index (χ3v) is 3.42. The molecule has 0 radical (unpaired) electrons. The van der Waals surface area contributed by atoms with Gasteiger partial charge >= 0.3 is 5.97 Å². The fraction of sp³-hybridized carbons (Fsp3) is 0.235. The van der Waals surface area contributed by atoms with Crippen LogP contribution in [0.25, 0.3) is 0 Å². The first kappa shape index (κ1) is 15.0. The molecule has 2 rings (SSSR count). The standard InChI is InChI=1S/C17H18FNO2/c1-3-19(13-8-6-7-12(2)11-13)16(17(20)21)14-9-4-5-10-15(14)18/h4-11,16H,3H2,1-2H3,(H,20,21). The average molecular weight is 287 g/mol. The van der Waals surface area contributed by atoms with Crippen molar-refractivity contribution in [3.63, 3.8) is 0 Å². The molecule has 0 heterocycles. The van der Waals surface area contributed by atoms with Gasteiger partial charge in [0.2, 0.25) is 0 Å². The quantitative estimate of drug-likeness (QED) is 0.909. The van der Waals surface area contributed by atoms with Crippen LogP contribution in [0.5, 0.6) is 0 Å². The average Bonchev–Trinajstić information content (AvgIpc) is 2.45. The monoisotopic (exact) mass is 287 g/mol. The number of rotatable bonds is 5. The lowest BCUT2D eigenvalue weighted by atomic mass is 10.0. The van der Waals surface area contributed by atoms with Crippen molar-refractivity contribution in [1.29, 1.82) is 0 Å². The summed E-state index contributed by atoms with van der Waals surface area (Å²) in [5, 5.41) is 9.57. The van der Waals surface area contributed by atoms with Gasteiger partial charge in [0.15, 0.2) is 6.04 Å². The largest absolute Gasteiger partial charge is 0.479 e. The zero-order valence-corrected chi connectivity index (χ0v) is 12.1. The third-order valence-electron chi connectivity index (χ3n) is 3.42. The van der Waals surface area contributed by atoms with Gasteiger partial charge in [0.25, 0.3) is 0 Å². The molecule has 0 saturated heterocycles. The Morgan fingerprint density at radius 3 is 2.52 bits per heavy atom. The zero-order valence-electron chi connectivity index (χ0n) is 12.1. The number of carboxylic acids is 1. The van der Waals surface area contributed by atoms with Crippen LogP contribution in [0, 0.1) is 12.7 Å². The summed E-state index contributed by atoms with van der Waals surface area (Å²) in [6, 6.07) is 12.5. The maximum atomic E-state index is 14.0. The van der Waals surface area contributed by atoms with E-state index in [1.165, 1.54) is 12.1 Å². The minimum absolute atomic E-state index is 0.174. The molecule has 0 saturated carbocycles. The van der Waals surface area contributed by atoms with E-state index in [9.17, 15) is 14.3 Å². The van der Waals surface area contributed by atoms with Gasteiger partial charge < -0.3 is 10.0 Å². The van der Waals surface area contributed by atoms with Crippen LogP contribution in [0.4, 0.5) is 10.1 Å². The first-order valence-electron chi connectivity index (χ1n) is 6.85. The second-order valence-electron chi connectivity index (χ2n) is 4.89. The lowest BCUT2D eigenvalue weighted by Crippen LogP contribution is -2.34. The Balaban J connectivity index is 2.50. The van der Waals surface area contributed by atoms with Crippen LogP contribution in [-0.2, 0) is 4.79 Å². The SMILES string of the molecule is CCN(c1cccc(C)c1)C(C(=O)O)c1ccccc1F. The van der Waals surface area contributed by atoms with E-state index in [1.54, 1.807) is 17.0 Å². The van der Waals surface area contributed by atoms with Crippen LogP contribution in [0.2, 0.25) is 0 Å². The van der Waals surface area contributed by atoms with Crippen LogP contribution in [0.3, 0.4) is 0 Å². The van der Waals surface area contributed by atoms with Crippen molar-refractivity contribution in [2.45, 2.75) is 19.9 Å². The highest BCUT2D eigenvalue weighted by Gasteiger charge is 2.29. The van der Waals surface area contributed by atoms with Gasteiger partial charge in [-0.3, -0.25) is 0 Å². The van der Waals surface area contributed by atoms with Gasteiger partial charge in [-0.1, -0.05) is 30.3 Å². The van der Waals surface area contributed by atoms with Crippen molar-refractivity contribution in [2.24, 2.45) is 0 Å². The summed E-state index contributed by atoms with van der Waals surface area (Å²) >= 11 is 0. The van der Waals surface area contributed by atoms with E-state index in [4.69, 9.17) is 0 Å². The Bertz CT molecular complexity index is 642. The van der Waals surface area contributed by atoms with Crippen LogP contribution < -0.4 is 4.90 Å². The molecular weight excluding hydrogens is 269 g/mol. The molecule has 0 bridgehead atoms. The van der Waals surface area contributed by atoms with E-state index in [0.29, 0.717) is 6.54 Å². The summed E-state index contributed by atoms with van der Waals surface area (Å²) < 4.78 is 14.0. The highest BCUT2D eigenvalue weighted by Crippen LogP contribution is 2.29. The van der Waals surface area contributed by atoms with Crippen molar-refractivity contribution >= 4 is 11.7 Å². The number of aryl methyl sites for hydroxylation is 1. The van der Waals surface area contributed by atoms with Gasteiger partial charge in [-0.25, -0.2) is 9.18 Å². The van der Waals surface area contributed by atoms with Gasteiger partial charge in [-0.2, -0.15) is 0 Å². The number of halogens is 1. The lowest BCUT2D eigenvalue weighted by molar-refractivity contribution is -0.138. The summed E-state index contributed by atoms with van der Waals surface area (Å²) in [6.07, 6.45) is 0. The van der Waals surface area contributed by atoms with E-state index >= 15 is 0 Å². The van der Waals surface area contributed by atoms with Crippen LogP contribution >= 0.6 is 0 Å². The number of carbonyl (C=O) groups is 1. The van der Waals surface area contributed by atoms with Crippen LogP contribution in [0.15, 0.2) is 48.5 Å². The molecule has 0 spiro atoms. The molecule has 0 aromatic heterocycles. The molecule has 21 heavy (non-hydrogen) atoms. The molecule has 0 aliphatic heterocycles. The normalized spacial score (nSPS) is 12.0. The molecule has 2 aromatic rings. The predicted molar refractivity (Wildman–Crippen MR) is 81.0 cm³/mol. The van der Waals surface area contributed by atoms with E-state index in [1.807, 2.05) is 38.1 Å². The first-order chi connectivity index (χ1) is 10.0. The summed E-state index contributed by atoms with van der Waals surface area (Å²) in [6.45, 7) is 4.27. The molecule has 110 valence electrons. The van der Waals surface area contributed by atoms with Crippen molar-refractivity contribution in [2.75, 3.05) is 11.4 Å².